The molecule has 0 aliphatic carbocycles. The van der Waals surface area contributed by atoms with Crippen LogP contribution in [0.25, 0.3) is 5.82 Å². The predicted octanol–water partition coefficient (Wildman–Crippen LogP) is 1.83. The average Bonchev–Trinajstić information content (AvgIpc) is 2.96. The Kier molecular flexibility index (Phi) is 3.88. The number of nitrogens with zero attached hydrogens (tertiary/aromatic N) is 5. The van der Waals surface area contributed by atoms with Gasteiger partial charge in [0.05, 0.1) is 12.4 Å². The van der Waals surface area contributed by atoms with Crippen LogP contribution in [-0.4, -0.2) is 36.2 Å². The van der Waals surface area contributed by atoms with Crippen molar-refractivity contribution < 1.29 is 10.2 Å². The predicted molar refractivity (Wildman–Crippen MR) is 84.9 cm³/mol. The first-order valence-corrected chi connectivity index (χ1v) is 6.76. The average molecular weight is 310 g/mol. The number of hydrogen-bond acceptors (Lipinski definition) is 7. The summed E-state index contributed by atoms with van der Waals surface area (Å²) in [6.07, 6.45) is 6.42. The van der Waals surface area contributed by atoms with Crippen LogP contribution in [0.5, 0.6) is 11.5 Å². The lowest BCUT2D eigenvalue weighted by molar-refractivity contribution is 0.450. The number of benzene rings is 1. The van der Waals surface area contributed by atoms with Crippen LogP contribution in [0.4, 0.5) is 5.82 Å². The van der Waals surface area contributed by atoms with E-state index in [-0.39, 0.29) is 11.5 Å². The van der Waals surface area contributed by atoms with Gasteiger partial charge in [-0.1, -0.05) is 0 Å². The van der Waals surface area contributed by atoms with Crippen molar-refractivity contribution in [3.63, 3.8) is 0 Å². The highest BCUT2D eigenvalue weighted by Crippen LogP contribution is 2.20. The maximum atomic E-state index is 9.67. The minimum absolute atomic E-state index is 0.0115. The molecule has 2 heterocycles. The molecule has 0 bridgehead atoms. The molecule has 0 aliphatic heterocycles. The largest absolute Gasteiger partial charge is 0.508 e. The first kappa shape index (κ1) is 14.5. The molecule has 8 heteroatoms. The molecule has 0 fully saturated rings. The summed E-state index contributed by atoms with van der Waals surface area (Å²) in [6.45, 7) is 1.94. The van der Waals surface area contributed by atoms with Crippen LogP contribution in [0, 0.1) is 6.92 Å². The summed E-state index contributed by atoms with van der Waals surface area (Å²) in [5.74, 6) is 1.02. The second kappa shape index (κ2) is 6.14. The summed E-state index contributed by atoms with van der Waals surface area (Å²) in [4.78, 5) is 8.20. The van der Waals surface area contributed by atoms with Gasteiger partial charge in [0.15, 0.2) is 11.6 Å². The highest BCUT2D eigenvalue weighted by Gasteiger charge is 2.02. The summed E-state index contributed by atoms with van der Waals surface area (Å²) in [5.41, 5.74) is 4.25. The second-order valence-corrected chi connectivity index (χ2v) is 4.84. The van der Waals surface area contributed by atoms with E-state index in [2.05, 4.69) is 25.6 Å². The molecule has 3 aromatic rings. The van der Waals surface area contributed by atoms with E-state index in [4.69, 9.17) is 0 Å². The fraction of sp³-hybridized carbons (Fsp3) is 0.0667. The van der Waals surface area contributed by atoms with E-state index in [1.807, 2.05) is 13.1 Å². The van der Waals surface area contributed by atoms with Crippen molar-refractivity contribution >= 4 is 12.0 Å². The fourth-order valence-electron chi connectivity index (χ4n) is 1.88. The topological polar surface area (TPSA) is 108 Å². The van der Waals surface area contributed by atoms with Crippen molar-refractivity contribution in [2.75, 3.05) is 5.43 Å². The highest BCUT2D eigenvalue weighted by molar-refractivity contribution is 5.84. The lowest BCUT2D eigenvalue weighted by Crippen LogP contribution is -2.01. The lowest BCUT2D eigenvalue weighted by atomic mass is 10.2. The number of phenolic OH excluding ortho intramolecular Hbond substituents is 2. The molecular weight excluding hydrogens is 296 g/mol. The number of hydrazone groups is 1. The van der Waals surface area contributed by atoms with E-state index in [1.54, 1.807) is 23.0 Å². The molecule has 0 saturated heterocycles. The van der Waals surface area contributed by atoms with Gasteiger partial charge in [0.1, 0.15) is 17.8 Å². The molecule has 0 unspecified atom stereocenters. The van der Waals surface area contributed by atoms with E-state index in [9.17, 15) is 10.2 Å². The minimum Gasteiger partial charge on any atom is -0.508 e. The van der Waals surface area contributed by atoms with E-state index < -0.39 is 0 Å². The van der Waals surface area contributed by atoms with E-state index in [0.29, 0.717) is 17.2 Å². The van der Waals surface area contributed by atoms with Crippen LogP contribution < -0.4 is 5.43 Å². The minimum atomic E-state index is -0.0639. The van der Waals surface area contributed by atoms with Crippen molar-refractivity contribution in [1.29, 1.82) is 0 Å². The molecule has 3 rings (SSSR count). The third-order valence-electron chi connectivity index (χ3n) is 3.00. The SMILES string of the molecule is Cc1cnn(-c2cc(N/N=C/c3ccc(O)cc3O)ncn2)c1. The number of nitrogens with one attached hydrogen (secondary N) is 1. The lowest BCUT2D eigenvalue weighted by Gasteiger charge is -2.03. The number of aromatic nitrogens is 4. The molecule has 116 valence electrons. The normalized spacial score (nSPS) is 11.0. The first-order chi connectivity index (χ1) is 11.1. The molecule has 1 aromatic carbocycles. The molecule has 23 heavy (non-hydrogen) atoms. The van der Waals surface area contributed by atoms with Crippen LogP contribution >= 0.6 is 0 Å². The molecule has 3 N–H and O–H groups in total. The Morgan fingerprint density at radius 2 is 2.09 bits per heavy atom. The zero-order valence-corrected chi connectivity index (χ0v) is 12.2. The van der Waals surface area contributed by atoms with Gasteiger partial charge in [-0.05, 0) is 24.6 Å². The number of aromatic hydroxyl groups is 2. The Morgan fingerprint density at radius 3 is 2.83 bits per heavy atom. The standard InChI is InChI=1S/C15H14N6O2/c1-10-6-19-21(8-10)15-5-14(16-9-17-15)20-18-7-11-2-3-12(22)4-13(11)23/h2-9,22-23H,1H3,(H,16,17,20)/b18-7+. The Balaban J connectivity index is 1.74. The summed E-state index contributed by atoms with van der Waals surface area (Å²) in [5, 5.41) is 27.1. The number of rotatable bonds is 4. The molecule has 0 spiro atoms. The second-order valence-electron chi connectivity index (χ2n) is 4.84. The molecule has 0 atom stereocenters. The Bertz CT molecular complexity index is 859. The van der Waals surface area contributed by atoms with E-state index in [1.165, 1.54) is 24.7 Å². The van der Waals surface area contributed by atoms with E-state index >= 15 is 0 Å². The number of phenols is 2. The van der Waals surface area contributed by atoms with Crippen molar-refractivity contribution in [3.8, 4) is 17.3 Å². The molecular formula is C15H14N6O2. The number of aryl methyl sites for hydroxylation is 1. The van der Waals surface area contributed by atoms with Gasteiger partial charge in [-0.25, -0.2) is 14.6 Å². The van der Waals surface area contributed by atoms with Crippen molar-refractivity contribution in [1.82, 2.24) is 19.7 Å². The maximum absolute atomic E-state index is 9.67. The van der Waals surface area contributed by atoms with Gasteiger partial charge >= 0.3 is 0 Å². The van der Waals surface area contributed by atoms with Gasteiger partial charge in [0.2, 0.25) is 0 Å². The maximum Gasteiger partial charge on any atom is 0.158 e. The first-order valence-electron chi connectivity index (χ1n) is 6.76. The third-order valence-corrected chi connectivity index (χ3v) is 3.00. The van der Waals surface area contributed by atoms with Gasteiger partial charge in [0.25, 0.3) is 0 Å². The molecule has 8 nitrogen and oxygen atoms in total. The Labute approximate surface area is 131 Å². The van der Waals surface area contributed by atoms with Crippen molar-refractivity contribution in [2.45, 2.75) is 6.92 Å². The van der Waals surface area contributed by atoms with Gasteiger partial charge in [-0.3, -0.25) is 5.43 Å². The van der Waals surface area contributed by atoms with Gasteiger partial charge < -0.3 is 10.2 Å². The molecule has 2 aromatic heterocycles. The fourth-order valence-corrected chi connectivity index (χ4v) is 1.88. The monoisotopic (exact) mass is 310 g/mol. The van der Waals surface area contributed by atoms with Crippen molar-refractivity contribution in [2.24, 2.45) is 5.10 Å². The highest BCUT2D eigenvalue weighted by atomic mass is 16.3. The van der Waals surface area contributed by atoms with Crippen LogP contribution in [0.2, 0.25) is 0 Å². The molecule has 0 radical (unpaired) electrons. The molecule has 0 amide bonds. The smallest absolute Gasteiger partial charge is 0.158 e. The van der Waals surface area contributed by atoms with Gasteiger partial charge in [-0.2, -0.15) is 10.2 Å². The Hall–Kier alpha value is -3.42. The Morgan fingerprint density at radius 1 is 1.22 bits per heavy atom. The number of hydrogen-bond donors (Lipinski definition) is 3. The van der Waals surface area contributed by atoms with Crippen LogP contribution in [0.3, 0.4) is 0 Å². The zero-order chi connectivity index (χ0) is 16.2. The number of anilines is 1. The summed E-state index contributed by atoms with van der Waals surface area (Å²) < 4.78 is 1.64. The van der Waals surface area contributed by atoms with Gasteiger partial charge in [-0.15, -0.1) is 0 Å². The molecule has 0 aliphatic rings. The third kappa shape index (κ3) is 3.43. The van der Waals surface area contributed by atoms with E-state index in [0.717, 1.165) is 5.56 Å². The van der Waals surface area contributed by atoms with Gasteiger partial charge in [0, 0.05) is 23.9 Å². The summed E-state index contributed by atoms with van der Waals surface area (Å²) in [6, 6.07) is 5.95. The molecule has 0 saturated carbocycles. The van der Waals surface area contributed by atoms with Crippen molar-refractivity contribution in [3.05, 3.63) is 54.1 Å². The quantitative estimate of drug-likeness (QED) is 0.501. The summed E-state index contributed by atoms with van der Waals surface area (Å²) in [7, 11) is 0. The van der Waals surface area contributed by atoms with Crippen LogP contribution in [-0.2, 0) is 0 Å². The van der Waals surface area contributed by atoms with Crippen LogP contribution in [0.15, 0.2) is 48.1 Å². The van der Waals surface area contributed by atoms with Crippen LogP contribution in [0.1, 0.15) is 11.1 Å². The summed E-state index contributed by atoms with van der Waals surface area (Å²) >= 11 is 0. The zero-order valence-electron chi connectivity index (χ0n) is 12.2.